The molecule has 2 heteroatoms. The van der Waals surface area contributed by atoms with Gasteiger partial charge in [0.15, 0.2) is 0 Å². The van der Waals surface area contributed by atoms with Gasteiger partial charge in [-0.15, -0.1) is 11.5 Å². The van der Waals surface area contributed by atoms with Gasteiger partial charge in [0, 0.05) is 0 Å². The van der Waals surface area contributed by atoms with E-state index in [9.17, 15) is 4.91 Å². The number of hydrogen-bond donors (Lipinski definition) is 0. The highest BCUT2D eigenvalue weighted by Gasteiger charge is 2.03. The second-order valence-corrected chi connectivity index (χ2v) is 7.17. The maximum Gasteiger partial charge on any atom is 0.108 e. The molecule has 2 aromatic carbocycles. The van der Waals surface area contributed by atoms with E-state index in [1.165, 1.54) is 22.3 Å². The van der Waals surface area contributed by atoms with Gasteiger partial charge in [0.2, 0.25) is 0 Å². The lowest BCUT2D eigenvalue weighted by atomic mass is 9.95. The maximum atomic E-state index is 9.87. The van der Waals surface area contributed by atoms with Gasteiger partial charge in [-0.3, -0.25) is 0 Å². The highest BCUT2D eigenvalue weighted by atomic mass is 16.3. The highest BCUT2D eigenvalue weighted by molar-refractivity contribution is 5.37. The second-order valence-electron chi connectivity index (χ2n) is 7.17. The van der Waals surface area contributed by atoms with Crippen molar-refractivity contribution in [2.75, 3.05) is 0 Å². The van der Waals surface area contributed by atoms with Gasteiger partial charge in [-0.1, -0.05) is 100 Å². The molecular formula is C28H45NO. The summed E-state index contributed by atoms with van der Waals surface area (Å²) in [5, 5.41) is 2.76. The van der Waals surface area contributed by atoms with Gasteiger partial charge in [0.05, 0.1) is 0 Å². The zero-order chi connectivity index (χ0) is 22.8. The molecule has 0 saturated heterocycles. The third-order valence-corrected chi connectivity index (χ3v) is 4.25. The summed E-state index contributed by atoms with van der Waals surface area (Å²) in [5.74, 6) is 0.586. The number of benzene rings is 2. The Labute approximate surface area is 187 Å². The van der Waals surface area contributed by atoms with Crippen molar-refractivity contribution >= 4 is 5.69 Å². The van der Waals surface area contributed by atoms with Crippen LogP contribution in [0.25, 0.3) is 0 Å². The van der Waals surface area contributed by atoms with Crippen LogP contribution in [0.4, 0.5) is 5.69 Å². The van der Waals surface area contributed by atoms with Gasteiger partial charge >= 0.3 is 0 Å². The largest absolute Gasteiger partial charge is 0.145 e. The number of rotatable bonds is 5. The summed E-state index contributed by atoms with van der Waals surface area (Å²) in [6.07, 6.45) is 2.22. The van der Waals surface area contributed by atoms with E-state index in [1.54, 1.807) is 12.1 Å². The summed E-state index contributed by atoms with van der Waals surface area (Å²) < 4.78 is 0. The average Bonchev–Trinajstić information content (AvgIpc) is 2.72. The molecule has 0 bridgehead atoms. The van der Waals surface area contributed by atoms with E-state index in [0.29, 0.717) is 11.6 Å². The molecule has 0 aliphatic rings. The fourth-order valence-corrected chi connectivity index (χ4v) is 1.86. The lowest BCUT2D eigenvalue weighted by Crippen LogP contribution is -1.99. The van der Waals surface area contributed by atoms with E-state index in [1.807, 2.05) is 39.8 Å². The van der Waals surface area contributed by atoms with Crippen LogP contribution in [-0.2, 0) is 6.42 Å². The second kappa shape index (κ2) is 19.8. The van der Waals surface area contributed by atoms with E-state index in [-0.39, 0.29) is 7.43 Å². The Morgan fingerprint density at radius 1 is 0.900 bits per heavy atom. The van der Waals surface area contributed by atoms with Crippen LogP contribution in [0.2, 0.25) is 0 Å². The molecule has 0 saturated carbocycles. The molecule has 0 spiro atoms. The van der Waals surface area contributed by atoms with Crippen LogP contribution in [0.1, 0.15) is 72.1 Å². The summed E-state index contributed by atoms with van der Waals surface area (Å²) in [5.41, 5.74) is 6.88. The molecule has 30 heavy (non-hydrogen) atoms. The smallest absolute Gasteiger partial charge is 0.108 e. The summed E-state index contributed by atoms with van der Waals surface area (Å²) in [6.45, 7) is 24.2. The Hall–Kier alpha value is -2.48. The molecule has 1 atom stereocenters. The van der Waals surface area contributed by atoms with Crippen LogP contribution < -0.4 is 0 Å². The quantitative estimate of drug-likeness (QED) is 0.355. The van der Waals surface area contributed by atoms with Crippen molar-refractivity contribution in [2.45, 2.75) is 75.7 Å². The molecule has 0 aliphatic carbocycles. The van der Waals surface area contributed by atoms with Gasteiger partial charge in [-0.2, -0.15) is 0 Å². The molecule has 0 aromatic heterocycles. The minimum absolute atomic E-state index is 0. The monoisotopic (exact) mass is 411 g/mol. The van der Waals surface area contributed by atoms with Crippen molar-refractivity contribution in [2.24, 2.45) is 11.1 Å². The average molecular weight is 412 g/mol. The molecule has 2 aromatic rings. The molecule has 1 unspecified atom stereocenters. The third kappa shape index (κ3) is 17.6. The van der Waals surface area contributed by atoms with Crippen LogP contribution in [0.3, 0.4) is 0 Å². The molecular weight excluding hydrogens is 366 g/mol. The Kier molecular flexibility index (Phi) is 21.3. The van der Waals surface area contributed by atoms with Crippen LogP contribution in [0.15, 0.2) is 78.0 Å². The van der Waals surface area contributed by atoms with E-state index < -0.39 is 0 Å². The first-order valence-corrected chi connectivity index (χ1v) is 10.4. The van der Waals surface area contributed by atoms with Gasteiger partial charge in [0.1, 0.15) is 5.69 Å². The maximum absolute atomic E-state index is 9.87. The number of aryl methyl sites for hydroxylation is 2. The van der Waals surface area contributed by atoms with Crippen LogP contribution in [-0.4, -0.2) is 0 Å². The lowest BCUT2D eigenvalue weighted by molar-refractivity contribution is 0.680. The lowest BCUT2D eigenvalue weighted by Gasteiger charge is -2.10. The van der Waals surface area contributed by atoms with Gasteiger partial charge < -0.3 is 0 Å². The van der Waals surface area contributed by atoms with E-state index in [0.717, 1.165) is 18.4 Å². The topological polar surface area (TPSA) is 29.4 Å². The SMILES string of the molecule is C.C=C(C)C(C)Cc1ccc(C)cc1.C=C(C)CC.CC.Cc1ccc(N=O)cc1. The minimum Gasteiger partial charge on any atom is -0.145 e. The predicted molar refractivity (Wildman–Crippen MR) is 139 cm³/mol. The number of allylic oxidation sites excluding steroid dienone is 2. The van der Waals surface area contributed by atoms with Crippen molar-refractivity contribution in [1.82, 2.24) is 0 Å². The fraction of sp³-hybridized carbons (Fsp3) is 0.429. The third-order valence-electron chi connectivity index (χ3n) is 4.25. The van der Waals surface area contributed by atoms with Crippen molar-refractivity contribution in [3.63, 3.8) is 0 Å². The Morgan fingerprint density at radius 3 is 1.57 bits per heavy atom. The van der Waals surface area contributed by atoms with E-state index >= 15 is 0 Å². The zero-order valence-corrected chi connectivity index (χ0v) is 19.9. The van der Waals surface area contributed by atoms with Crippen LogP contribution >= 0.6 is 0 Å². The van der Waals surface area contributed by atoms with Crippen molar-refractivity contribution < 1.29 is 0 Å². The molecule has 0 heterocycles. The number of nitrogens with zero attached hydrogens (tertiary/aromatic N) is 1. The summed E-state index contributed by atoms with van der Waals surface area (Å²) >= 11 is 0. The Balaban J connectivity index is -0.000000375. The molecule has 0 amide bonds. The number of hydrogen-bond acceptors (Lipinski definition) is 2. The normalized spacial score (nSPS) is 9.60. The molecule has 0 fully saturated rings. The standard InChI is InChI=1S/C13H18.C7H7NO.C5H10.C2H6.CH4/c1-10(2)12(4)9-13-7-5-11(3)6-8-13;1-6-2-4-7(8-9)5-3-6;1-4-5(2)3;1-2;/h5-8,12H,1,9H2,2-4H3;2-5H,1H3;2,4H2,1,3H3;1-2H3;1H4. The summed E-state index contributed by atoms with van der Waals surface area (Å²) in [4.78, 5) is 9.87. The molecule has 0 N–H and O–H groups in total. The number of nitroso groups, excluding NO2 is 1. The molecule has 0 radical (unpaired) electrons. The van der Waals surface area contributed by atoms with Gasteiger partial charge in [-0.05, 0) is 69.3 Å². The summed E-state index contributed by atoms with van der Waals surface area (Å²) in [6, 6.07) is 15.8. The van der Waals surface area contributed by atoms with Crippen LogP contribution in [0, 0.1) is 24.7 Å². The molecule has 168 valence electrons. The van der Waals surface area contributed by atoms with Gasteiger partial charge in [-0.25, -0.2) is 0 Å². The van der Waals surface area contributed by atoms with E-state index in [2.05, 4.69) is 70.3 Å². The van der Waals surface area contributed by atoms with Crippen molar-refractivity contribution in [3.05, 3.63) is 94.4 Å². The first-order valence-electron chi connectivity index (χ1n) is 10.4. The zero-order valence-electron chi connectivity index (χ0n) is 19.9. The first kappa shape index (κ1) is 32.2. The van der Waals surface area contributed by atoms with Crippen molar-refractivity contribution in [1.29, 1.82) is 0 Å². The Morgan fingerprint density at radius 2 is 1.27 bits per heavy atom. The van der Waals surface area contributed by atoms with Gasteiger partial charge in [0.25, 0.3) is 0 Å². The molecule has 2 nitrogen and oxygen atoms in total. The fourth-order valence-electron chi connectivity index (χ4n) is 1.86. The molecule has 0 aliphatic heterocycles. The highest BCUT2D eigenvalue weighted by Crippen LogP contribution is 2.15. The minimum atomic E-state index is 0. The van der Waals surface area contributed by atoms with Crippen molar-refractivity contribution in [3.8, 4) is 0 Å². The first-order chi connectivity index (χ1) is 13.7. The molecule has 2 rings (SSSR count). The summed E-state index contributed by atoms with van der Waals surface area (Å²) in [7, 11) is 0. The Bertz CT molecular complexity index is 696. The van der Waals surface area contributed by atoms with E-state index in [4.69, 9.17) is 0 Å². The predicted octanol–water partition coefficient (Wildman–Crippen LogP) is 9.78. The van der Waals surface area contributed by atoms with Crippen LogP contribution in [0.5, 0.6) is 0 Å².